The van der Waals surface area contributed by atoms with Gasteiger partial charge in [0.1, 0.15) is 0 Å². The zero-order valence-corrected chi connectivity index (χ0v) is 15.3. The molecule has 0 bridgehead atoms. The van der Waals surface area contributed by atoms with E-state index >= 15 is 0 Å². The fourth-order valence-electron chi connectivity index (χ4n) is 3.28. The second-order valence-electron chi connectivity index (χ2n) is 6.34. The molecular formula is C19H20ClN5O. The van der Waals surface area contributed by atoms with Crippen LogP contribution in [0.5, 0.6) is 0 Å². The normalized spacial score (nSPS) is 14.7. The van der Waals surface area contributed by atoms with Gasteiger partial charge in [-0.15, -0.1) is 0 Å². The van der Waals surface area contributed by atoms with Crippen molar-refractivity contribution in [1.29, 1.82) is 0 Å². The van der Waals surface area contributed by atoms with Gasteiger partial charge in [-0.2, -0.15) is 0 Å². The first-order chi connectivity index (χ1) is 12.6. The molecule has 1 aromatic heterocycles. The summed E-state index contributed by atoms with van der Waals surface area (Å²) in [5.41, 5.74) is 2.74. The number of rotatable bonds is 2. The lowest BCUT2D eigenvalue weighted by Gasteiger charge is -2.35. The number of halogens is 1. The van der Waals surface area contributed by atoms with E-state index in [1.807, 2.05) is 42.3 Å². The van der Waals surface area contributed by atoms with Crippen LogP contribution in [0.1, 0.15) is 0 Å². The van der Waals surface area contributed by atoms with Crippen LogP contribution in [0.2, 0.25) is 5.02 Å². The molecule has 0 saturated carbocycles. The number of hydrogen-bond donors (Lipinski definition) is 1. The molecule has 134 valence electrons. The summed E-state index contributed by atoms with van der Waals surface area (Å²) >= 11 is 6.11. The lowest BCUT2D eigenvalue weighted by molar-refractivity contribution is 0.208. The van der Waals surface area contributed by atoms with Gasteiger partial charge >= 0.3 is 6.03 Å². The molecule has 1 fully saturated rings. The molecule has 3 aromatic rings. The average Bonchev–Trinajstić information content (AvgIpc) is 3.01. The Bertz CT molecular complexity index is 946. The molecule has 0 radical (unpaired) electrons. The largest absolute Gasteiger partial charge is 0.339 e. The number of aromatic nitrogens is 2. The second-order valence-corrected chi connectivity index (χ2v) is 6.75. The van der Waals surface area contributed by atoms with Crippen molar-refractivity contribution in [2.75, 3.05) is 36.4 Å². The summed E-state index contributed by atoms with van der Waals surface area (Å²) in [5, 5.41) is 3.42. The molecule has 1 aliphatic rings. The Morgan fingerprint density at radius 1 is 1.04 bits per heavy atom. The molecule has 26 heavy (non-hydrogen) atoms. The number of fused-ring (bicyclic) bond motifs is 1. The van der Waals surface area contributed by atoms with Crippen LogP contribution in [0, 0.1) is 0 Å². The number of anilines is 2. The highest BCUT2D eigenvalue weighted by molar-refractivity contribution is 6.33. The number of carbonyl (C=O) groups is 1. The van der Waals surface area contributed by atoms with Crippen LogP contribution in [0.15, 0.2) is 48.5 Å². The van der Waals surface area contributed by atoms with Crippen molar-refractivity contribution in [3.8, 4) is 0 Å². The Morgan fingerprint density at radius 2 is 1.73 bits per heavy atom. The van der Waals surface area contributed by atoms with Crippen LogP contribution in [-0.2, 0) is 7.05 Å². The maximum absolute atomic E-state index is 12.5. The van der Waals surface area contributed by atoms with Gasteiger partial charge in [-0.3, -0.25) is 0 Å². The summed E-state index contributed by atoms with van der Waals surface area (Å²) in [5.74, 6) is 0.942. The van der Waals surface area contributed by atoms with Crippen LogP contribution >= 0.6 is 11.6 Å². The van der Waals surface area contributed by atoms with E-state index in [0.29, 0.717) is 23.8 Å². The lowest BCUT2D eigenvalue weighted by atomic mass is 10.3. The summed E-state index contributed by atoms with van der Waals surface area (Å²) in [6, 6.07) is 15.2. The smallest absolute Gasteiger partial charge is 0.322 e. The molecular weight excluding hydrogens is 350 g/mol. The number of urea groups is 1. The molecule has 0 unspecified atom stereocenters. The van der Waals surface area contributed by atoms with E-state index < -0.39 is 0 Å². The van der Waals surface area contributed by atoms with Gasteiger partial charge < -0.3 is 19.7 Å². The van der Waals surface area contributed by atoms with Crippen LogP contribution < -0.4 is 10.2 Å². The fraction of sp³-hybridized carbons (Fsp3) is 0.263. The molecule has 2 heterocycles. The second kappa shape index (κ2) is 6.88. The molecule has 2 aromatic carbocycles. The Morgan fingerprint density at radius 3 is 2.46 bits per heavy atom. The SMILES string of the molecule is Cn1c(N2CCN(C(=O)Nc3ccccc3Cl)CC2)nc2ccccc21. The number of piperazine rings is 1. The zero-order chi connectivity index (χ0) is 18.1. The number of para-hydroxylation sites is 3. The standard InChI is InChI=1S/C19H20ClN5O/c1-23-17-9-5-4-8-16(17)21-18(23)24-10-12-25(13-11-24)19(26)22-15-7-3-2-6-14(15)20/h2-9H,10-13H2,1H3,(H,22,26). The summed E-state index contributed by atoms with van der Waals surface area (Å²) in [6.07, 6.45) is 0. The van der Waals surface area contributed by atoms with Crippen molar-refractivity contribution in [2.24, 2.45) is 7.05 Å². The molecule has 2 amide bonds. The van der Waals surface area contributed by atoms with Crippen LogP contribution in [0.25, 0.3) is 11.0 Å². The van der Waals surface area contributed by atoms with E-state index in [0.717, 1.165) is 30.1 Å². The van der Waals surface area contributed by atoms with E-state index in [1.165, 1.54) is 0 Å². The van der Waals surface area contributed by atoms with Crippen molar-refractivity contribution in [3.63, 3.8) is 0 Å². The Hall–Kier alpha value is -2.73. The summed E-state index contributed by atoms with van der Waals surface area (Å²) in [6.45, 7) is 2.76. The Kier molecular flexibility index (Phi) is 4.42. The van der Waals surface area contributed by atoms with Crippen molar-refractivity contribution < 1.29 is 4.79 Å². The number of aryl methyl sites for hydroxylation is 1. The highest BCUT2D eigenvalue weighted by Crippen LogP contribution is 2.23. The van der Waals surface area contributed by atoms with E-state index in [4.69, 9.17) is 16.6 Å². The number of hydrogen-bond acceptors (Lipinski definition) is 3. The minimum atomic E-state index is -0.122. The minimum Gasteiger partial charge on any atom is -0.339 e. The molecule has 1 saturated heterocycles. The van der Waals surface area contributed by atoms with E-state index in [2.05, 4.69) is 20.9 Å². The van der Waals surface area contributed by atoms with Gasteiger partial charge in [0.05, 0.1) is 21.7 Å². The first-order valence-corrected chi connectivity index (χ1v) is 8.98. The topological polar surface area (TPSA) is 53.4 Å². The number of carbonyl (C=O) groups excluding carboxylic acids is 1. The third kappa shape index (κ3) is 3.08. The van der Waals surface area contributed by atoms with Crippen molar-refractivity contribution in [3.05, 3.63) is 53.6 Å². The molecule has 4 rings (SSSR count). The Labute approximate surface area is 157 Å². The third-order valence-corrected chi connectivity index (χ3v) is 5.06. The number of nitrogens with one attached hydrogen (secondary N) is 1. The zero-order valence-electron chi connectivity index (χ0n) is 14.5. The number of nitrogens with zero attached hydrogens (tertiary/aromatic N) is 4. The number of amides is 2. The van der Waals surface area contributed by atoms with Crippen molar-refractivity contribution >= 4 is 40.3 Å². The van der Waals surface area contributed by atoms with Crippen LogP contribution in [0.3, 0.4) is 0 Å². The summed E-state index contributed by atoms with van der Waals surface area (Å²) in [4.78, 5) is 21.3. The van der Waals surface area contributed by atoms with Gasteiger partial charge in [0.25, 0.3) is 0 Å². The van der Waals surface area contributed by atoms with Gasteiger partial charge in [-0.25, -0.2) is 9.78 Å². The molecule has 0 atom stereocenters. The monoisotopic (exact) mass is 369 g/mol. The van der Waals surface area contributed by atoms with Gasteiger partial charge in [0, 0.05) is 33.2 Å². The van der Waals surface area contributed by atoms with Gasteiger partial charge in [-0.05, 0) is 24.3 Å². The molecule has 1 N–H and O–H groups in total. The molecule has 6 nitrogen and oxygen atoms in total. The summed E-state index contributed by atoms with van der Waals surface area (Å²) < 4.78 is 2.11. The van der Waals surface area contributed by atoms with Crippen LogP contribution in [-0.4, -0.2) is 46.7 Å². The maximum atomic E-state index is 12.5. The van der Waals surface area contributed by atoms with Gasteiger partial charge in [-0.1, -0.05) is 35.9 Å². The highest BCUT2D eigenvalue weighted by Gasteiger charge is 2.24. The van der Waals surface area contributed by atoms with E-state index in [9.17, 15) is 4.79 Å². The van der Waals surface area contributed by atoms with Gasteiger partial charge in [0.15, 0.2) is 0 Å². The molecule has 7 heteroatoms. The predicted octanol–water partition coefficient (Wildman–Crippen LogP) is 3.58. The van der Waals surface area contributed by atoms with Gasteiger partial charge in [0.2, 0.25) is 5.95 Å². The fourth-order valence-corrected chi connectivity index (χ4v) is 3.47. The molecule has 1 aliphatic heterocycles. The van der Waals surface area contributed by atoms with E-state index in [1.54, 1.807) is 12.1 Å². The highest BCUT2D eigenvalue weighted by atomic mass is 35.5. The van der Waals surface area contributed by atoms with Crippen molar-refractivity contribution in [2.45, 2.75) is 0 Å². The third-order valence-electron chi connectivity index (χ3n) is 4.73. The molecule has 0 spiro atoms. The van der Waals surface area contributed by atoms with E-state index in [-0.39, 0.29) is 6.03 Å². The quantitative estimate of drug-likeness (QED) is 0.751. The maximum Gasteiger partial charge on any atom is 0.322 e. The van der Waals surface area contributed by atoms with Crippen LogP contribution in [0.4, 0.5) is 16.4 Å². The minimum absolute atomic E-state index is 0.122. The summed E-state index contributed by atoms with van der Waals surface area (Å²) in [7, 11) is 2.03. The number of benzene rings is 2. The predicted molar refractivity (Wildman–Crippen MR) is 105 cm³/mol. The first-order valence-electron chi connectivity index (χ1n) is 8.60. The average molecular weight is 370 g/mol. The number of imidazole rings is 1. The van der Waals surface area contributed by atoms with Crippen molar-refractivity contribution in [1.82, 2.24) is 14.5 Å². The molecule has 0 aliphatic carbocycles. The first kappa shape index (κ1) is 16.7. The Balaban J connectivity index is 1.43. The lowest BCUT2D eigenvalue weighted by Crippen LogP contribution is -2.50.